The molecule has 2 aliphatic heterocycles. The number of alkyl carbamates (subject to hydrolysis) is 1. The molecule has 7 heteroatoms. The van der Waals surface area contributed by atoms with Crippen molar-refractivity contribution in [3.05, 3.63) is 23.8 Å². The van der Waals surface area contributed by atoms with Crippen molar-refractivity contribution in [1.29, 1.82) is 0 Å². The molecular weight excluding hydrogens is 324 g/mol. The van der Waals surface area contributed by atoms with Gasteiger partial charge in [-0.2, -0.15) is 0 Å². The molecule has 0 aromatic heterocycles. The molecule has 25 heavy (non-hydrogen) atoms. The maximum absolute atomic E-state index is 12.6. The third-order valence-electron chi connectivity index (χ3n) is 4.45. The maximum Gasteiger partial charge on any atom is 0.407 e. The Labute approximate surface area is 147 Å². The lowest BCUT2D eigenvalue weighted by Crippen LogP contribution is -2.46. The number of likely N-dealkylation sites (tertiary alicyclic amines) is 1. The number of hydrogen-bond acceptors (Lipinski definition) is 5. The summed E-state index contributed by atoms with van der Waals surface area (Å²) >= 11 is 0. The minimum Gasteiger partial charge on any atom is -0.454 e. The molecule has 1 N–H and O–H groups in total. The molecule has 0 bridgehead atoms. The van der Waals surface area contributed by atoms with Gasteiger partial charge in [-0.15, -0.1) is 0 Å². The van der Waals surface area contributed by atoms with Gasteiger partial charge in [0.25, 0.3) is 5.91 Å². The van der Waals surface area contributed by atoms with E-state index >= 15 is 0 Å². The normalized spacial score (nSPS) is 16.6. The molecular formula is C18H24N2O5. The molecule has 0 atom stereocenters. The van der Waals surface area contributed by atoms with Gasteiger partial charge in [0.2, 0.25) is 6.79 Å². The summed E-state index contributed by atoms with van der Waals surface area (Å²) in [5.41, 5.74) is 0.592. The Morgan fingerprint density at radius 3 is 2.76 bits per heavy atom. The lowest BCUT2D eigenvalue weighted by atomic mass is 10.0. The highest BCUT2D eigenvalue weighted by atomic mass is 16.7. The Hall–Kier alpha value is -2.44. The Kier molecular flexibility index (Phi) is 5.63. The number of benzene rings is 1. The van der Waals surface area contributed by atoms with Crippen molar-refractivity contribution in [2.75, 3.05) is 26.5 Å². The van der Waals surface area contributed by atoms with Crippen LogP contribution in [-0.2, 0) is 4.74 Å². The largest absolute Gasteiger partial charge is 0.454 e. The average Bonchev–Trinajstić information content (AvgIpc) is 3.09. The van der Waals surface area contributed by atoms with Crippen molar-refractivity contribution >= 4 is 12.0 Å². The number of fused-ring (bicyclic) bond motifs is 1. The van der Waals surface area contributed by atoms with Crippen LogP contribution in [0.15, 0.2) is 18.2 Å². The summed E-state index contributed by atoms with van der Waals surface area (Å²) in [6.45, 7) is 3.90. The first-order valence-corrected chi connectivity index (χ1v) is 8.79. The van der Waals surface area contributed by atoms with Crippen molar-refractivity contribution in [3.8, 4) is 11.5 Å². The fourth-order valence-corrected chi connectivity index (χ4v) is 2.96. The van der Waals surface area contributed by atoms with Gasteiger partial charge in [-0.25, -0.2) is 4.79 Å². The molecule has 0 spiro atoms. The number of nitrogens with zero attached hydrogens (tertiary/aromatic N) is 1. The molecule has 2 amide bonds. The topological polar surface area (TPSA) is 77.1 Å². The average molecular weight is 348 g/mol. The minimum absolute atomic E-state index is 0.0257. The SMILES string of the molecule is CCCCOC(=O)NC1CCN(C(=O)c2ccc3c(c2)OCO3)CC1. The first-order valence-electron chi connectivity index (χ1n) is 8.79. The third-order valence-corrected chi connectivity index (χ3v) is 4.45. The number of unbranched alkanes of at least 4 members (excludes halogenated alkanes) is 1. The summed E-state index contributed by atoms with van der Waals surface area (Å²) in [4.78, 5) is 26.1. The van der Waals surface area contributed by atoms with Gasteiger partial charge in [-0.05, 0) is 37.5 Å². The van der Waals surface area contributed by atoms with Crippen molar-refractivity contribution < 1.29 is 23.8 Å². The van der Waals surface area contributed by atoms with Crippen LogP contribution in [0, 0.1) is 0 Å². The maximum atomic E-state index is 12.6. The number of nitrogens with one attached hydrogen (secondary N) is 1. The summed E-state index contributed by atoms with van der Waals surface area (Å²) in [5, 5.41) is 2.88. The molecule has 0 unspecified atom stereocenters. The number of piperidine rings is 1. The van der Waals surface area contributed by atoms with Gasteiger partial charge in [-0.1, -0.05) is 13.3 Å². The zero-order valence-electron chi connectivity index (χ0n) is 14.5. The summed E-state index contributed by atoms with van der Waals surface area (Å²) in [6, 6.07) is 5.29. The third kappa shape index (κ3) is 4.35. The minimum atomic E-state index is -0.367. The summed E-state index contributed by atoms with van der Waals surface area (Å²) in [7, 11) is 0. The highest BCUT2D eigenvalue weighted by Gasteiger charge is 2.26. The van der Waals surface area contributed by atoms with E-state index in [1.807, 2.05) is 6.92 Å². The number of hydrogen-bond donors (Lipinski definition) is 1. The van der Waals surface area contributed by atoms with Gasteiger partial charge in [0.15, 0.2) is 11.5 Å². The van der Waals surface area contributed by atoms with Crippen LogP contribution in [-0.4, -0.2) is 49.4 Å². The van der Waals surface area contributed by atoms with Crippen LogP contribution in [0.3, 0.4) is 0 Å². The van der Waals surface area contributed by atoms with Crippen LogP contribution >= 0.6 is 0 Å². The predicted octanol–water partition coefficient (Wildman–Crippen LogP) is 2.55. The van der Waals surface area contributed by atoms with E-state index in [4.69, 9.17) is 14.2 Å². The predicted molar refractivity (Wildman–Crippen MR) is 90.9 cm³/mol. The quantitative estimate of drug-likeness (QED) is 0.828. The second kappa shape index (κ2) is 8.09. The standard InChI is InChI=1S/C18H24N2O5/c1-2-3-10-23-18(22)19-14-6-8-20(9-7-14)17(21)13-4-5-15-16(11-13)25-12-24-15/h4-5,11,14H,2-3,6-10,12H2,1H3,(H,19,22). The van der Waals surface area contributed by atoms with Crippen molar-refractivity contribution in [3.63, 3.8) is 0 Å². The van der Waals surface area contributed by atoms with Gasteiger partial charge in [-0.3, -0.25) is 4.79 Å². The fraction of sp³-hybridized carbons (Fsp3) is 0.556. The van der Waals surface area contributed by atoms with E-state index in [1.54, 1.807) is 23.1 Å². The van der Waals surface area contributed by atoms with Gasteiger partial charge in [0.05, 0.1) is 6.61 Å². The van der Waals surface area contributed by atoms with Gasteiger partial charge < -0.3 is 24.4 Å². The van der Waals surface area contributed by atoms with Crippen LogP contribution in [0.25, 0.3) is 0 Å². The van der Waals surface area contributed by atoms with E-state index in [-0.39, 0.29) is 24.8 Å². The van der Waals surface area contributed by atoms with E-state index in [1.165, 1.54) is 0 Å². The van der Waals surface area contributed by atoms with Crippen LogP contribution in [0.4, 0.5) is 4.79 Å². The van der Waals surface area contributed by atoms with Crippen molar-refractivity contribution in [1.82, 2.24) is 10.2 Å². The van der Waals surface area contributed by atoms with Crippen molar-refractivity contribution in [2.45, 2.75) is 38.6 Å². The van der Waals surface area contributed by atoms with E-state index in [2.05, 4.69) is 5.32 Å². The highest BCUT2D eigenvalue weighted by molar-refractivity contribution is 5.95. The molecule has 2 heterocycles. The second-order valence-electron chi connectivity index (χ2n) is 6.27. The van der Waals surface area contributed by atoms with E-state index in [0.717, 1.165) is 25.7 Å². The van der Waals surface area contributed by atoms with Crippen molar-refractivity contribution in [2.24, 2.45) is 0 Å². The molecule has 0 radical (unpaired) electrons. The van der Waals surface area contributed by atoms with Crippen LogP contribution in [0.1, 0.15) is 43.0 Å². The zero-order valence-corrected chi connectivity index (χ0v) is 14.5. The molecule has 1 fully saturated rings. The van der Waals surface area contributed by atoms with Gasteiger partial charge >= 0.3 is 6.09 Å². The lowest BCUT2D eigenvalue weighted by molar-refractivity contribution is 0.0701. The summed E-state index contributed by atoms with van der Waals surface area (Å²) in [5.74, 6) is 1.25. The number of ether oxygens (including phenoxy) is 3. The van der Waals surface area contributed by atoms with Gasteiger partial charge in [0.1, 0.15) is 0 Å². The molecule has 1 aromatic rings. The Morgan fingerprint density at radius 2 is 2.00 bits per heavy atom. The molecule has 7 nitrogen and oxygen atoms in total. The van der Waals surface area contributed by atoms with Crippen LogP contribution in [0.2, 0.25) is 0 Å². The second-order valence-corrected chi connectivity index (χ2v) is 6.27. The number of carbonyl (C=O) groups is 2. The fourth-order valence-electron chi connectivity index (χ4n) is 2.96. The number of rotatable bonds is 5. The lowest BCUT2D eigenvalue weighted by Gasteiger charge is -2.32. The molecule has 0 saturated carbocycles. The Morgan fingerprint density at radius 1 is 1.24 bits per heavy atom. The smallest absolute Gasteiger partial charge is 0.407 e. The van der Waals surface area contributed by atoms with Crippen LogP contribution in [0.5, 0.6) is 11.5 Å². The highest BCUT2D eigenvalue weighted by Crippen LogP contribution is 2.33. The molecule has 1 saturated heterocycles. The zero-order chi connectivity index (χ0) is 17.6. The molecule has 1 aromatic carbocycles. The molecule has 136 valence electrons. The monoisotopic (exact) mass is 348 g/mol. The van der Waals surface area contributed by atoms with E-state index in [0.29, 0.717) is 36.8 Å². The summed E-state index contributed by atoms with van der Waals surface area (Å²) in [6.07, 6.45) is 2.94. The number of amides is 2. The van der Waals surface area contributed by atoms with Gasteiger partial charge in [0, 0.05) is 24.7 Å². The van der Waals surface area contributed by atoms with E-state index in [9.17, 15) is 9.59 Å². The molecule has 0 aliphatic carbocycles. The molecule has 2 aliphatic rings. The Balaban J connectivity index is 1.47. The Bertz CT molecular complexity index is 626. The molecule has 3 rings (SSSR count). The summed E-state index contributed by atoms with van der Waals surface area (Å²) < 4.78 is 15.7. The first-order chi connectivity index (χ1) is 12.2. The van der Waals surface area contributed by atoms with Crippen LogP contribution < -0.4 is 14.8 Å². The number of carbonyl (C=O) groups excluding carboxylic acids is 2. The first kappa shape index (κ1) is 17.4. The van der Waals surface area contributed by atoms with E-state index < -0.39 is 0 Å².